The van der Waals surface area contributed by atoms with Crippen LogP contribution in [0.5, 0.6) is 0 Å². The van der Waals surface area contributed by atoms with Crippen molar-refractivity contribution in [2.75, 3.05) is 0 Å². The zero-order valence-electron chi connectivity index (χ0n) is 19.9. The van der Waals surface area contributed by atoms with E-state index in [9.17, 15) is 0 Å². The van der Waals surface area contributed by atoms with Crippen LogP contribution in [0, 0.1) is 0 Å². The minimum atomic E-state index is 1.03. The highest BCUT2D eigenvalue weighted by atomic mass is 32.1. The van der Waals surface area contributed by atoms with Crippen LogP contribution in [0.15, 0.2) is 128 Å². The van der Waals surface area contributed by atoms with Crippen molar-refractivity contribution in [3.63, 3.8) is 0 Å². The molecular formula is C33H21N3S. The summed E-state index contributed by atoms with van der Waals surface area (Å²) in [4.78, 5) is 4.81. The summed E-state index contributed by atoms with van der Waals surface area (Å²) in [7, 11) is 0. The third-order valence-corrected chi connectivity index (χ3v) is 8.25. The van der Waals surface area contributed by atoms with Gasteiger partial charge in [-0.2, -0.15) is 0 Å². The third kappa shape index (κ3) is 2.97. The molecular weight excluding hydrogens is 470 g/mol. The second kappa shape index (κ2) is 7.92. The van der Waals surface area contributed by atoms with Gasteiger partial charge in [0, 0.05) is 32.8 Å². The Morgan fingerprint density at radius 1 is 0.514 bits per heavy atom. The summed E-state index contributed by atoms with van der Waals surface area (Å²) < 4.78 is 4.80. The molecule has 5 aromatic carbocycles. The largest absolute Gasteiger partial charge is 0.309 e. The monoisotopic (exact) mass is 491 g/mol. The lowest BCUT2D eigenvalue weighted by Crippen LogP contribution is -1.94. The first-order chi connectivity index (χ1) is 18.4. The fraction of sp³-hybridized carbons (Fsp3) is 0. The summed E-state index contributed by atoms with van der Waals surface area (Å²) in [6, 6.07) is 43.1. The van der Waals surface area contributed by atoms with Gasteiger partial charge >= 0.3 is 0 Å². The Bertz CT molecular complexity index is 2080. The van der Waals surface area contributed by atoms with E-state index in [0.29, 0.717) is 0 Å². The first-order valence-electron chi connectivity index (χ1n) is 12.4. The fourth-order valence-electron chi connectivity index (χ4n) is 5.67. The summed E-state index contributed by atoms with van der Waals surface area (Å²) in [5.41, 5.74) is 7.16. The molecule has 3 nitrogen and oxygen atoms in total. The Kier molecular flexibility index (Phi) is 4.39. The molecule has 0 saturated carbocycles. The molecule has 4 heteroatoms. The molecule has 174 valence electrons. The summed E-state index contributed by atoms with van der Waals surface area (Å²) in [6.45, 7) is 0. The van der Waals surface area contributed by atoms with Gasteiger partial charge in [0.15, 0.2) is 0 Å². The number of hydrogen-bond acceptors (Lipinski definition) is 2. The average Bonchev–Trinajstić information content (AvgIpc) is 3.66. The number of fused-ring (bicyclic) bond motifs is 7. The van der Waals surface area contributed by atoms with Gasteiger partial charge in [0.2, 0.25) is 0 Å². The average molecular weight is 492 g/mol. The third-order valence-electron chi connectivity index (χ3n) is 7.22. The number of aromatic nitrogens is 3. The van der Waals surface area contributed by atoms with Gasteiger partial charge in [0.25, 0.3) is 0 Å². The minimum absolute atomic E-state index is 1.03. The molecule has 0 aliphatic rings. The van der Waals surface area contributed by atoms with Crippen LogP contribution in [0.2, 0.25) is 0 Å². The quantitative estimate of drug-likeness (QED) is 0.242. The van der Waals surface area contributed by atoms with Crippen molar-refractivity contribution >= 4 is 54.9 Å². The molecule has 0 aliphatic heterocycles. The Morgan fingerprint density at radius 3 is 1.95 bits per heavy atom. The maximum Gasteiger partial charge on any atom is 0.125 e. The van der Waals surface area contributed by atoms with Crippen LogP contribution in [0.25, 0.3) is 64.9 Å². The van der Waals surface area contributed by atoms with Crippen LogP contribution >= 0.6 is 11.3 Å². The standard InChI is InChI=1S/C33H21N3S/c1-3-11-22(12-4-1)33-34-21-30(37-33)36-28-18-10-8-16-26(28)31-29(36)20-19-25-24-15-7-9-17-27(24)35(32(25)31)23-13-5-2-6-14-23/h1-21H. The lowest BCUT2D eigenvalue weighted by molar-refractivity contribution is 1.18. The van der Waals surface area contributed by atoms with E-state index in [1.165, 1.54) is 49.3 Å². The van der Waals surface area contributed by atoms with Crippen LogP contribution in [-0.4, -0.2) is 14.1 Å². The molecule has 0 saturated heterocycles. The Morgan fingerprint density at radius 2 is 1.16 bits per heavy atom. The first-order valence-corrected chi connectivity index (χ1v) is 13.2. The van der Waals surface area contributed by atoms with Gasteiger partial charge in [-0.3, -0.25) is 4.57 Å². The van der Waals surface area contributed by atoms with Crippen molar-refractivity contribution in [1.29, 1.82) is 0 Å². The molecule has 8 rings (SSSR count). The Hall–Kier alpha value is -4.67. The smallest absolute Gasteiger partial charge is 0.125 e. The number of hydrogen-bond donors (Lipinski definition) is 0. The van der Waals surface area contributed by atoms with Crippen LogP contribution in [0.4, 0.5) is 0 Å². The summed E-state index contributed by atoms with van der Waals surface area (Å²) >= 11 is 1.73. The van der Waals surface area contributed by atoms with Crippen molar-refractivity contribution in [3.8, 4) is 21.3 Å². The van der Waals surface area contributed by atoms with E-state index in [4.69, 9.17) is 4.98 Å². The SMILES string of the molecule is c1ccc(-c2ncc(-n3c4ccccc4c4c3ccc3c5ccccc5n(-c5ccccc5)c34)s2)cc1. The molecule has 0 N–H and O–H groups in total. The summed E-state index contributed by atoms with van der Waals surface area (Å²) in [6.07, 6.45) is 2.01. The van der Waals surface area contributed by atoms with Gasteiger partial charge in [0.1, 0.15) is 10.0 Å². The predicted octanol–water partition coefficient (Wildman–Crippen LogP) is 9.00. The van der Waals surface area contributed by atoms with Gasteiger partial charge in [-0.05, 0) is 30.3 Å². The van der Waals surface area contributed by atoms with Crippen LogP contribution in [0.1, 0.15) is 0 Å². The lowest BCUT2D eigenvalue weighted by atomic mass is 10.1. The van der Waals surface area contributed by atoms with Crippen molar-refractivity contribution in [2.24, 2.45) is 0 Å². The molecule has 0 bridgehead atoms. The predicted molar refractivity (Wildman–Crippen MR) is 156 cm³/mol. The molecule has 0 unspecified atom stereocenters. The molecule has 8 aromatic rings. The van der Waals surface area contributed by atoms with E-state index < -0.39 is 0 Å². The van der Waals surface area contributed by atoms with Crippen molar-refractivity contribution in [3.05, 3.63) is 128 Å². The van der Waals surface area contributed by atoms with Crippen LogP contribution in [0.3, 0.4) is 0 Å². The molecule has 3 aromatic heterocycles. The minimum Gasteiger partial charge on any atom is -0.309 e. The number of rotatable bonds is 3. The molecule has 0 atom stereocenters. The number of benzene rings is 5. The molecule has 3 heterocycles. The number of para-hydroxylation sites is 3. The zero-order valence-corrected chi connectivity index (χ0v) is 20.7. The van der Waals surface area contributed by atoms with Crippen molar-refractivity contribution < 1.29 is 0 Å². The highest BCUT2D eigenvalue weighted by Gasteiger charge is 2.21. The second-order valence-corrected chi connectivity index (χ2v) is 10.3. The fourth-order valence-corrected chi connectivity index (χ4v) is 6.63. The van der Waals surface area contributed by atoms with Crippen molar-refractivity contribution in [1.82, 2.24) is 14.1 Å². The van der Waals surface area contributed by atoms with Gasteiger partial charge < -0.3 is 4.57 Å². The topological polar surface area (TPSA) is 22.8 Å². The number of thiazole rings is 1. The van der Waals surface area contributed by atoms with E-state index in [1.54, 1.807) is 11.3 Å². The normalized spacial score (nSPS) is 11.8. The van der Waals surface area contributed by atoms with E-state index in [2.05, 4.69) is 124 Å². The Labute approximate surface area is 217 Å². The highest BCUT2D eigenvalue weighted by molar-refractivity contribution is 7.17. The lowest BCUT2D eigenvalue weighted by Gasteiger charge is -2.09. The van der Waals surface area contributed by atoms with Gasteiger partial charge in [0.05, 0.1) is 28.3 Å². The van der Waals surface area contributed by atoms with E-state index >= 15 is 0 Å². The molecule has 0 radical (unpaired) electrons. The van der Waals surface area contributed by atoms with E-state index in [1.807, 2.05) is 12.3 Å². The first kappa shape index (κ1) is 20.5. The maximum atomic E-state index is 4.81. The van der Waals surface area contributed by atoms with Crippen molar-refractivity contribution in [2.45, 2.75) is 0 Å². The molecule has 0 aliphatic carbocycles. The number of nitrogens with zero attached hydrogens (tertiary/aromatic N) is 3. The van der Waals surface area contributed by atoms with E-state index in [-0.39, 0.29) is 0 Å². The van der Waals surface area contributed by atoms with Gasteiger partial charge in [-0.25, -0.2) is 4.98 Å². The molecule has 0 spiro atoms. The summed E-state index contributed by atoms with van der Waals surface area (Å²) in [5.74, 6) is 0. The molecule has 37 heavy (non-hydrogen) atoms. The maximum absolute atomic E-state index is 4.81. The van der Waals surface area contributed by atoms with Crippen LogP contribution < -0.4 is 0 Å². The highest BCUT2D eigenvalue weighted by Crippen LogP contribution is 2.42. The van der Waals surface area contributed by atoms with Gasteiger partial charge in [-0.1, -0.05) is 102 Å². The summed E-state index contributed by atoms with van der Waals surface area (Å²) in [5, 5.41) is 7.20. The molecule has 0 amide bonds. The van der Waals surface area contributed by atoms with Gasteiger partial charge in [-0.15, -0.1) is 0 Å². The molecule has 0 fully saturated rings. The van der Waals surface area contributed by atoms with E-state index in [0.717, 1.165) is 15.6 Å². The van der Waals surface area contributed by atoms with Crippen LogP contribution in [-0.2, 0) is 0 Å². The Balaban J connectivity index is 1.52. The zero-order chi connectivity index (χ0) is 24.3. The second-order valence-electron chi connectivity index (χ2n) is 9.27.